The molecular weight excluding hydrogens is 346 g/mol. The maximum absolute atomic E-state index is 12.6. The third-order valence-corrected chi connectivity index (χ3v) is 5.60. The Morgan fingerprint density at radius 3 is 2.76 bits per heavy atom. The van der Waals surface area contributed by atoms with Gasteiger partial charge in [0.1, 0.15) is 5.54 Å². The summed E-state index contributed by atoms with van der Waals surface area (Å²) in [5.41, 5.74) is 1.54. The molecule has 1 saturated heterocycles. The van der Waals surface area contributed by atoms with E-state index in [-0.39, 0.29) is 11.7 Å². The van der Waals surface area contributed by atoms with Crippen LogP contribution in [0.2, 0.25) is 0 Å². The molecule has 0 bridgehead atoms. The summed E-state index contributed by atoms with van der Waals surface area (Å²) < 4.78 is 5.46. The van der Waals surface area contributed by atoms with E-state index in [0.29, 0.717) is 29.9 Å². The van der Waals surface area contributed by atoms with Crippen LogP contribution >= 0.6 is 11.8 Å². The summed E-state index contributed by atoms with van der Waals surface area (Å²) in [7, 11) is 0. The number of carbonyl (C=O) groups excluding carboxylic acids is 3. The molecule has 4 rings (SSSR count). The van der Waals surface area contributed by atoms with Gasteiger partial charge in [-0.3, -0.25) is 15.0 Å². The lowest BCUT2D eigenvalue weighted by atomic mass is 9.82. The van der Waals surface area contributed by atoms with Crippen LogP contribution in [0.4, 0.5) is 4.79 Å². The molecule has 1 spiro atoms. The number of hydrogen-bond donors (Lipinski definition) is 2. The van der Waals surface area contributed by atoms with Crippen LogP contribution in [-0.4, -0.2) is 44.3 Å². The number of aromatic nitrogens is 2. The Hall–Kier alpha value is -2.10. The first kappa shape index (κ1) is 16.4. The van der Waals surface area contributed by atoms with Gasteiger partial charge in [-0.2, -0.15) is 5.01 Å². The van der Waals surface area contributed by atoms with Crippen LogP contribution in [0.25, 0.3) is 0 Å². The number of carbonyl (C=O) groups is 3. The van der Waals surface area contributed by atoms with Crippen LogP contribution in [0, 0.1) is 0 Å². The molecule has 1 aromatic rings. The number of hydrogen-bond acceptors (Lipinski definition) is 7. The van der Waals surface area contributed by atoms with Gasteiger partial charge in [0.15, 0.2) is 0 Å². The Bertz CT molecular complexity index is 711. The molecule has 25 heavy (non-hydrogen) atoms. The van der Waals surface area contributed by atoms with Crippen molar-refractivity contribution in [3.63, 3.8) is 0 Å². The van der Waals surface area contributed by atoms with E-state index in [1.807, 2.05) is 0 Å². The minimum Gasteiger partial charge on any atom is -0.416 e. The van der Waals surface area contributed by atoms with Crippen molar-refractivity contribution in [3.8, 4) is 0 Å². The smallest absolute Gasteiger partial charge is 0.344 e. The molecule has 0 atom stereocenters. The molecule has 0 unspecified atom stereocenters. The van der Waals surface area contributed by atoms with Gasteiger partial charge in [0.25, 0.3) is 11.1 Å². The molecule has 1 aliphatic heterocycles. The zero-order valence-electron chi connectivity index (χ0n) is 13.6. The number of hydrazine groups is 1. The van der Waals surface area contributed by atoms with Crippen LogP contribution in [0.15, 0.2) is 9.64 Å². The maximum atomic E-state index is 12.6. The van der Waals surface area contributed by atoms with Crippen LogP contribution < -0.4 is 10.7 Å². The molecule has 3 aliphatic rings. The van der Waals surface area contributed by atoms with E-state index in [1.165, 1.54) is 0 Å². The second-order valence-electron chi connectivity index (χ2n) is 6.72. The van der Waals surface area contributed by atoms with Crippen LogP contribution in [-0.2, 0) is 9.59 Å². The second-order valence-corrected chi connectivity index (χ2v) is 7.64. The predicted octanol–water partition coefficient (Wildman–Crippen LogP) is 1.32. The zero-order valence-corrected chi connectivity index (χ0v) is 14.4. The lowest BCUT2D eigenvalue weighted by Gasteiger charge is -2.30. The minimum atomic E-state index is -0.846. The standard InChI is InChI=1S/C15H19N5O4S/c21-10(8-25-14-18-17-11(24-14)9-4-5-9)19-20-12(22)15(16-13(20)23)6-2-1-3-7-15/h9H,1-8H2,(H,16,23)(H,19,21). The normalized spacial score (nSPS) is 22.3. The number of thioether (sulfide) groups is 1. The highest BCUT2D eigenvalue weighted by atomic mass is 32.2. The molecule has 3 fully saturated rings. The van der Waals surface area contributed by atoms with Crippen LogP contribution in [0.5, 0.6) is 0 Å². The van der Waals surface area contributed by atoms with Gasteiger partial charge in [0, 0.05) is 5.92 Å². The molecule has 4 amide bonds. The lowest BCUT2D eigenvalue weighted by molar-refractivity contribution is -0.139. The molecule has 2 N–H and O–H groups in total. The fourth-order valence-electron chi connectivity index (χ4n) is 3.27. The van der Waals surface area contributed by atoms with E-state index in [4.69, 9.17) is 4.42 Å². The second kappa shape index (κ2) is 6.32. The average Bonchev–Trinajstić information content (AvgIpc) is 3.31. The fourth-order valence-corrected chi connectivity index (χ4v) is 3.84. The van der Waals surface area contributed by atoms with E-state index in [2.05, 4.69) is 20.9 Å². The van der Waals surface area contributed by atoms with E-state index >= 15 is 0 Å². The minimum absolute atomic E-state index is 0.0175. The Morgan fingerprint density at radius 2 is 2.04 bits per heavy atom. The first-order valence-electron chi connectivity index (χ1n) is 8.50. The molecule has 1 aromatic heterocycles. The third-order valence-electron chi connectivity index (χ3n) is 4.78. The predicted molar refractivity (Wildman–Crippen MR) is 86.3 cm³/mol. The molecule has 134 valence electrons. The van der Waals surface area contributed by atoms with E-state index in [1.54, 1.807) is 0 Å². The highest BCUT2D eigenvalue weighted by Crippen LogP contribution is 2.39. The average molecular weight is 365 g/mol. The van der Waals surface area contributed by atoms with Crippen LogP contribution in [0.1, 0.15) is 56.8 Å². The number of amides is 4. The summed E-state index contributed by atoms with van der Waals surface area (Å²) in [5, 5.41) is 11.7. The highest BCUT2D eigenvalue weighted by molar-refractivity contribution is 7.99. The van der Waals surface area contributed by atoms with E-state index in [0.717, 1.165) is 48.9 Å². The summed E-state index contributed by atoms with van der Waals surface area (Å²) >= 11 is 1.09. The summed E-state index contributed by atoms with van der Waals surface area (Å²) in [5.74, 6) is 0.109. The van der Waals surface area contributed by atoms with Crippen molar-refractivity contribution in [3.05, 3.63) is 5.89 Å². The number of rotatable bonds is 5. The number of urea groups is 1. The van der Waals surface area contributed by atoms with Crippen molar-refractivity contribution in [1.29, 1.82) is 0 Å². The van der Waals surface area contributed by atoms with Crippen molar-refractivity contribution in [2.45, 2.75) is 61.6 Å². The van der Waals surface area contributed by atoms with Gasteiger partial charge in [-0.25, -0.2) is 4.79 Å². The summed E-state index contributed by atoms with van der Waals surface area (Å²) in [4.78, 5) is 36.7. The van der Waals surface area contributed by atoms with Crippen molar-refractivity contribution in [2.24, 2.45) is 0 Å². The Balaban J connectivity index is 1.32. The lowest BCUT2D eigenvalue weighted by Crippen LogP contribution is -2.51. The quantitative estimate of drug-likeness (QED) is 0.597. The third kappa shape index (κ3) is 3.22. The van der Waals surface area contributed by atoms with Gasteiger partial charge in [-0.05, 0) is 25.7 Å². The molecule has 2 saturated carbocycles. The molecule has 0 aromatic carbocycles. The van der Waals surface area contributed by atoms with Gasteiger partial charge in [-0.1, -0.05) is 31.0 Å². The van der Waals surface area contributed by atoms with Crippen LogP contribution in [0.3, 0.4) is 0 Å². The van der Waals surface area contributed by atoms with Gasteiger partial charge >= 0.3 is 6.03 Å². The van der Waals surface area contributed by atoms with Gasteiger partial charge in [-0.15, -0.1) is 10.2 Å². The monoisotopic (exact) mass is 365 g/mol. The van der Waals surface area contributed by atoms with E-state index < -0.39 is 17.5 Å². The maximum Gasteiger partial charge on any atom is 0.344 e. The topological polar surface area (TPSA) is 117 Å². The molecule has 0 radical (unpaired) electrons. The van der Waals surface area contributed by atoms with Crippen molar-refractivity contribution in [2.75, 3.05) is 5.75 Å². The SMILES string of the molecule is O=C(CSc1nnc(C2CC2)o1)NN1C(=O)NC2(CCCCC2)C1=O. The Kier molecular flexibility index (Phi) is 4.14. The first-order valence-corrected chi connectivity index (χ1v) is 9.48. The number of nitrogens with zero attached hydrogens (tertiary/aromatic N) is 3. The Labute approximate surface area is 148 Å². The fraction of sp³-hybridized carbons (Fsp3) is 0.667. The van der Waals surface area contributed by atoms with Gasteiger partial charge in [0.05, 0.1) is 5.75 Å². The molecule has 9 nitrogen and oxygen atoms in total. The zero-order chi connectivity index (χ0) is 17.4. The summed E-state index contributed by atoms with van der Waals surface area (Å²) in [6.45, 7) is 0. The van der Waals surface area contributed by atoms with Gasteiger partial charge < -0.3 is 9.73 Å². The van der Waals surface area contributed by atoms with Crippen molar-refractivity contribution >= 4 is 29.6 Å². The van der Waals surface area contributed by atoms with Crippen molar-refractivity contribution < 1.29 is 18.8 Å². The molecule has 10 heteroatoms. The van der Waals surface area contributed by atoms with Gasteiger partial charge in [0.2, 0.25) is 11.8 Å². The molecule has 2 heterocycles. The Morgan fingerprint density at radius 1 is 1.28 bits per heavy atom. The largest absolute Gasteiger partial charge is 0.416 e. The van der Waals surface area contributed by atoms with E-state index in [9.17, 15) is 14.4 Å². The number of nitrogens with one attached hydrogen (secondary N) is 2. The highest BCUT2D eigenvalue weighted by Gasteiger charge is 2.52. The molecule has 2 aliphatic carbocycles. The number of imide groups is 1. The first-order chi connectivity index (χ1) is 12.1. The molecular formula is C15H19N5O4S. The van der Waals surface area contributed by atoms with Crippen molar-refractivity contribution in [1.82, 2.24) is 25.9 Å². The summed E-state index contributed by atoms with van der Waals surface area (Å²) in [6.07, 6.45) is 6.19. The summed E-state index contributed by atoms with van der Waals surface area (Å²) in [6, 6.07) is -0.570.